The van der Waals surface area contributed by atoms with Gasteiger partial charge in [0.15, 0.2) is 0 Å². The van der Waals surface area contributed by atoms with E-state index < -0.39 is 15.5 Å². The maximum atomic E-state index is 11.4. The number of oxime groups is 1. The molecule has 0 aromatic heterocycles. The first-order valence-electron chi connectivity index (χ1n) is 7.60. The van der Waals surface area contributed by atoms with E-state index in [4.69, 9.17) is 14.6 Å². The summed E-state index contributed by atoms with van der Waals surface area (Å²) < 4.78 is 27.9. The first-order chi connectivity index (χ1) is 11.9. The molecule has 0 saturated carbocycles. The van der Waals surface area contributed by atoms with Crippen LogP contribution >= 0.6 is 0 Å². The van der Waals surface area contributed by atoms with Gasteiger partial charge in [-0.1, -0.05) is 40.6 Å². The van der Waals surface area contributed by atoms with Crippen molar-refractivity contribution in [2.24, 2.45) is 15.7 Å². The molecule has 0 aliphatic carbocycles. The Morgan fingerprint density at radius 1 is 1.36 bits per heavy atom. The first-order valence-corrected chi connectivity index (χ1v) is 9.42. The summed E-state index contributed by atoms with van der Waals surface area (Å²) in [4.78, 5) is 9.80. The second-order valence-electron chi connectivity index (χ2n) is 5.99. The van der Waals surface area contributed by atoms with Crippen molar-refractivity contribution in [3.63, 3.8) is 0 Å². The van der Waals surface area contributed by atoms with Crippen LogP contribution in [0, 0.1) is 5.41 Å². The zero-order valence-electron chi connectivity index (χ0n) is 14.2. The standard InChI is InChI=1S/C15H21N5O4S/c1-23-18-14-9-20(8-13-6-4-3-5-7-13)11-15(14,10-17-19-16)12-24-25(2,21)22/h3-7H,8-12H2,1-2H3/b18-14+. The molecule has 1 heterocycles. The van der Waals surface area contributed by atoms with E-state index in [1.165, 1.54) is 7.11 Å². The average Bonchev–Trinajstić information content (AvgIpc) is 2.90. The second kappa shape index (κ2) is 8.30. The van der Waals surface area contributed by atoms with Gasteiger partial charge in [-0.15, -0.1) is 0 Å². The van der Waals surface area contributed by atoms with Crippen LogP contribution in [-0.4, -0.2) is 58.6 Å². The number of rotatable bonds is 8. The molecule has 1 aromatic carbocycles. The minimum absolute atomic E-state index is 0.0342. The van der Waals surface area contributed by atoms with Gasteiger partial charge in [-0.05, 0) is 11.1 Å². The number of benzene rings is 1. The molecule has 0 radical (unpaired) electrons. The molecule has 0 N–H and O–H groups in total. The summed E-state index contributed by atoms with van der Waals surface area (Å²) in [7, 11) is -2.22. The molecule has 1 saturated heterocycles. The number of hydrogen-bond acceptors (Lipinski definition) is 7. The van der Waals surface area contributed by atoms with Gasteiger partial charge < -0.3 is 4.84 Å². The Balaban J connectivity index is 2.26. The Labute approximate surface area is 147 Å². The molecule has 1 unspecified atom stereocenters. The summed E-state index contributed by atoms with van der Waals surface area (Å²) in [6.07, 6.45) is 0.984. The van der Waals surface area contributed by atoms with E-state index in [1.54, 1.807) is 0 Å². The fraction of sp³-hybridized carbons (Fsp3) is 0.533. The van der Waals surface area contributed by atoms with Crippen LogP contribution in [0.15, 0.2) is 40.6 Å². The maximum absolute atomic E-state index is 11.4. The lowest BCUT2D eigenvalue weighted by atomic mass is 9.86. The molecule has 9 nitrogen and oxygen atoms in total. The second-order valence-corrected chi connectivity index (χ2v) is 7.63. The van der Waals surface area contributed by atoms with Crippen molar-refractivity contribution in [2.45, 2.75) is 6.54 Å². The van der Waals surface area contributed by atoms with Crippen molar-refractivity contribution in [2.75, 3.05) is 39.6 Å². The smallest absolute Gasteiger partial charge is 0.264 e. The van der Waals surface area contributed by atoms with Gasteiger partial charge in [0.2, 0.25) is 0 Å². The quantitative estimate of drug-likeness (QED) is 0.228. The molecule has 1 aliphatic rings. The van der Waals surface area contributed by atoms with Crippen LogP contribution in [0.2, 0.25) is 0 Å². The summed E-state index contributed by atoms with van der Waals surface area (Å²) in [6, 6.07) is 9.86. The van der Waals surface area contributed by atoms with Gasteiger partial charge in [0.05, 0.1) is 24.0 Å². The van der Waals surface area contributed by atoms with Crippen LogP contribution in [0.25, 0.3) is 10.4 Å². The van der Waals surface area contributed by atoms with E-state index in [2.05, 4.69) is 20.1 Å². The molecule has 0 spiro atoms. The third kappa shape index (κ3) is 5.43. The number of hydrogen-bond donors (Lipinski definition) is 0. The number of nitrogens with zero attached hydrogens (tertiary/aromatic N) is 5. The Morgan fingerprint density at radius 2 is 2.08 bits per heavy atom. The molecule has 136 valence electrons. The largest absolute Gasteiger partial charge is 0.399 e. The molecule has 25 heavy (non-hydrogen) atoms. The first kappa shape index (κ1) is 19.2. The molecule has 1 atom stereocenters. The molecular formula is C15H21N5O4S. The van der Waals surface area contributed by atoms with Crippen LogP contribution < -0.4 is 0 Å². The monoisotopic (exact) mass is 367 g/mol. The van der Waals surface area contributed by atoms with Crippen LogP contribution in [0.3, 0.4) is 0 Å². The fourth-order valence-corrected chi connectivity index (χ4v) is 3.29. The van der Waals surface area contributed by atoms with Crippen molar-refractivity contribution in [1.82, 2.24) is 4.90 Å². The predicted octanol–water partition coefficient (Wildman–Crippen LogP) is 1.78. The summed E-state index contributed by atoms with van der Waals surface area (Å²) in [6.45, 7) is 1.45. The summed E-state index contributed by atoms with van der Waals surface area (Å²) >= 11 is 0. The third-order valence-electron chi connectivity index (χ3n) is 3.95. The van der Waals surface area contributed by atoms with Gasteiger partial charge in [0, 0.05) is 31.1 Å². The number of azide groups is 1. The molecule has 0 amide bonds. The van der Waals surface area contributed by atoms with Gasteiger partial charge in [-0.25, -0.2) is 0 Å². The van der Waals surface area contributed by atoms with E-state index in [-0.39, 0.29) is 13.2 Å². The lowest BCUT2D eigenvalue weighted by Crippen LogP contribution is -2.39. The topological polar surface area (TPSA) is 117 Å². The van der Waals surface area contributed by atoms with E-state index in [1.807, 2.05) is 30.3 Å². The predicted molar refractivity (Wildman–Crippen MR) is 93.4 cm³/mol. The molecule has 10 heteroatoms. The van der Waals surface area contributed by atoms with Gasteiger partial charge in [0.25, 0.3) is 10.1 Å². The highest BCUT2D eigenvalue weighted by Crippen LogP contribution is 2.31. The summed E-state index contributed by atoms with van der Waals surface area (Å²) in [5.41, 5.74) is 9.57. The lowest BCUT2D eigenvalue weighted by molar-refractivity contribution is 0.177. The molecule has 1 fully saturated rings. The molecular weight excluding hydrogens is 346 g/mol. The highest BCUT2D eigenvalue weighted by molar-refractivity contribution is 7.85. The highest BCUT2D eigenvalue weighted by atomic mass is 32.2. The van der Waals surface area contributed by atoms with Crippen LogP contribution in [0.5, 0.6) is 0 Å². The van der Waals surface area contributed by atoms with Crippen molar-refractivity contribution < 1.29 is 17.4 Å². The van der Waals surface area contributed by atoms with E-state index in [9.17, 15) is 8.42 Å². The van der Waals surface area contributed by atoms with E-state index >= 15 is 0 Å². The van der Waals surface area contributed by atoms with Crippen LogP contribution in [0.4, 0.5) is 0 Å². The zero-order chi connectivity index (χ0) is 18.3. The zero-order valence-corrected chi connectivity index (χ0v) is 15.0. The van der Waals surface area contributed by atoms with E-state index in [0.717, 1.165) is 11.8 Å². The Morgan fingerprint density at radius 3 is 2.68 bits per heavy atom. The van der Waals surface area contributed by atoms with Gasteiger partial charge in [-0.3, -0.25) is 9.08 Å². The minimum Gasteiger partial charge on any atom is -0.399 e. The molecule has 1 aromatic rings. The van der Waals surface area contributed by atoms with Crippen molar-refractivity contribution >= 4 is 15.8 Å². The summed E-state index contributed by atoms with van der Waals surface area (Å²) in [5, 5.41) is 7.68. The van der Waals surface area contributed by atoms with Crippen molar-refractivity contribution in [3.8, 4) is 0 Å². The summed E-state index contributed by atoms with van der Waals surface area (Å²) in [5.74, 6) is 0. The number of likely N-dealkylation sites (tertiary alicyclic amines) is 1. The molecule has 0 bridgehead atoms. The lowest BCUT2D eigenvalue weighted by Gasteiger charge is -2.27. The maximum Gasteiger partial charge on any atom is 0.264 e. The molecule has 2 rings (SSSR count). The molecule has 1 aliphatic heterocycles. The normalized spacial score (nSPS) is 22.7. The van der Waals surface area contributed by atoms with Gasteiger partial charge >= 0.3 is 0 Å². The van der Waals surface area contributed by atoms with Gasteiger partial charge in [0.1, 0.15) is 7.11 Å². The van der Waals surface area contributed by atoms with E-state index in [0.29, 0.717) is 25.3 Å². The minimum atomic E-state index is -3.64. The van der Waals surface area contributed by atoms with Crippen LogP contribution in [-0.2, 0) is 25.7 Å². The van der Waals surface area contributed by atoms with Crippen LogP contribution in [0.1, 0.15) is 5.56 Å². The van der Waals surface area contributed by atoms with Gasteiger partial charge in [-0.2, -0.15) is 8.42 Å². The highest BCUT2D eigenvalue weighted by Gasteiger charge is 2.45. The Bertz CT molecular complexity index is 761. The van der Waals surface area contributed by atoms with Crippen molar-refractivity contribution in [3.05, 3.63) is 46.3 Å². The van der Waals surface area contributed by atoms with Crippen molar-refractivity contribution in [1.29, 1.82) is 0 Å². The Kier molecular flexibility index (Phi) is 6.38. The SMILES string of the molecule is CO/N=C1\CN(Cc2ccccc2)CC1(CN=[N+]=[N-])COS(C)(=O)=O. The fourth-order valence-electron chi connectivity index (χ4n) is 2.85. The Hall–Kier alpha value is -2.13. The third-order valence-corrected chi connectivity index (χ3v) is 4.49. The average molecular weight is 367 g/mol.